The first-order valence-electron chi connectivity index (χ1n) is 20.5. The van der Waals surface area contributed by atoms with Crippen molar-refractivity contribution in [2.45, 2.75) is 88.5 Å². The van der Waals surface area contributed by atoms with E-state index >= 15 is 0 Å². The van der Waals surface area contributed by atoms with Gasteiger partial charge in [-0.1, -0.05) is 50.3 Å². The molecule has 1 N–H and O–H groups in total. The van der Waals surface area contributed by atoms with Crippen molar-refractivity contribution in [2.75, 3.05) is 77.1 Å². The quantitative estimate of drug-likeness (QED) is 0.411. The first-order chi connectivity index (χ1) is 25.9. The smallest absolute Gasteiger partial charge is 0.264 e. The van der Waals surface area contributed by atoms with E-state index < -0.39 is 26.8 Å². The zero-order valence-electron chi connectivity index (χ0n) is 32.7. The number of rotatable bonds is 4. The summed E-state index contributed by atoms with van der Waals surface area (Å²) in [6, 6.07) is 14.7. The highest BCUT2D eigenvalue weighted by molar-refractivity contribution is 7.90. The number of anilines is 1. The Morgan fingerprint density at radius 1 is 1.06 bits per heavy atom. The molecule has 11 heteroatoms. The topological polar surface area (TPSA) is 101 Å². The van der Waals surface area contributed by atoms with Gasteiger partial charge in [0.1, 0.15) is 11.4 Å². The average molecular weight is 761 g/mol. The summed E-state index contributed by atoms with van der Waals surface area (Å²) in [6.07, 6.45) is 10.3. The lowest BCUT2D eigenvalue weighted by molar-refractivity contribution is -0.148. The number of allylic oxidation sites excluding steroid dienone is 1. The van der Waals surface area contributed by atoms with Crippen molar-refractivity contribution in [3.63, 3.8) is 0 Å². The van der Waals surface area contributed by atoms with Crippen molar-refractivity contribution in [2.24, 2.45) is 17.3 Å². The molecule has 3 fully saturated rings. The predicted molar refractivity (Wildman–Crippen MR) is 212 cm³/mol. The van der Waals surface area contributed by atoms with E-state index in [9.17, 15) is 13.2 Å². The molecule has 2 aliphatic carbocycles. The Bertz CT molecular complexity index is 1850. The molecule has 1 saturated carbocycles. The van der Waals surface area contributed by atoms with Crippen molar-refractivity contribution in [3.05, 3.63) is 71.3 Å². The van der Waals surface area contributed by atoms with Gasteiger partial charge >= 0.3 is 0 Å². The lowest BCUT2D eigenvalue weighted by Crippen LogP contribution is -2.64. The second kappa shape index (κ2) is 14.8. The molecule has 6 aliphatic rings. The lowest BCUT2D eigenvalue weighted by atomic mass is 9.54. The first-order valence-corrected chi connectivity index (χ1v) is 22.0. The van der Waals surface area contributed by atoms with Crippen LogP contribution in [0.4, 0.5) is 5.69 Å². The maximum atomic E-state index is 13.7. The van der Waals surface area contributed by atoms with Crippen LogP contribution in [0.25, 0.3) is 0 Å². The van der Waals surface area contributed by atoms with Crippen LogP contribution in [-0.4, -0.2) is 113 Å². The molecule has 2 aromatic carbocycles. The standard InChI is InChI=1S/C43H60N4O6S/c1-5-53-43(29-45-20-21-46-22-23-51-26-35(46)25-45)18-8-10-31(2)32(3)54(49,50)44-40(48)34-14-15-38-37(24-34)47(27-41(4)19-16-39(41)43)28-42(30-52-38)17-9-12-33-11-6-7-13-36(33)42/h6-8,11,13-15,18,24,31-32,35,39H,5,9-10,12,16-17,19-23,25-30H2,1-4H3,(H,44,48)/b18-8+/t31-,32+,35-,39+,41?,42-,43+/m0/s1. The number of nitrogens with one attached hydrogen (secondary N) is 1. The van der Waals surface area contributed by atoms with Crippen LogP contribution in [0.15, 0.2) is 54.6 Å². The van der Waals surface area contributed by atoms with Crippen LogP contribution in [0, 0.1) is 17.3 Å². The van der Waals surface area contributed by atoms with Gasteiger partial charge in [-0.3, -0.25) is 14.6 Å². The van der Waals surface area contributed by atoms with Crippen molar-refractivity contribution >= 4 is 21.6 Å². The number of aryl methyl sites for hydroxylation is 1. The van der Waals surface area contributed by atoms with Gasteiger partial charge in [-0.15, -0.1) is 0 Å². The van der Waals surface area contributed by atoms with Gasteiger partial charge in [0.05, 0.1) is 30.8 Å². The van der Waals surface area contributed by atoms with Crippen molar-refractivity contribution in [1.82, 2.24) is 14.5 Å². The van der Waals surface area contributed by atoms with E-state index in [2.05, 4.69) is 69.7 Å². The summed E-state index contributed by atoms with van der Waals surface area (Å²) in [5, 5.41) is -0.777. The lowest BCUT2D eigenvalue weighted by Gasteiger charge is -2.58. The normalized spacial score (nSPS) is 36.4. The Balaban J connectivity index is 1.22. The average Bonchev–Trinajstić information content (AvgIpc) is 3.30. The molecule has 0 aromatic heterocycles. The number of morpholine rings is 1. The molecule has 54 heavy (non-hydrogen) atoms. The van der Waals surface area contributed by atoms with E-state index in [1.165, 1.54) is 11.1 Å². The van der Waals surface area contributed by atoms with E-state index in [-0.39, 0.29) is 22.7 Å². The summed E-state index contributed by atoms with van der Waals surface area (Å²) in [5.41, 5.74) is 3.03. The van der Waals surface area contributed by atoms with Crippen molar-refractivity contribution in [1.29, 1.82) is 0 Å². The molecule has 2 bridgehead atoms. The second-order valence-corrected chi connectivity index (χ2v) is 19.6. The van der Waals surface area contributed by atoms with Gasteiger partial charge in [0.25, 0.3) is 5.91 Å². The van der Waals surface area contributed by atoms with Gasteiger partial charge < -0.3 is 19.1 Å². The summed E-state index contributed by atoms with van der Waals surface area (Å²) < 4.78 is 49.6. The number of hydrogen-bond donors (Lipinski definition) is 1. The zero-order chi connectivity index (χ0) is 37.7. The van der Waals surface area contributed by atoms with Crippen LogP contribution in [0.3, 0.4) is 0 Å². The number of sulfonamides is 1. The summed E-state index contributed by atoms with van der Waals surface area (Å²) in [5.74, 6) is 0.133. The van der Waals surface area contributed by atoms with Crippen LogP contribution in [0.2, 0.25) is 0 Å². The number of hydrogen-bond acceptors (Lipinski definition) is 9. The molecule has 10 nitrogen and oxygen atoms in total. The van der Waals surface area contributed by atoms with Crippen LogP contribution in [0.5, 0.6) is 5.75 Å². The molecule has 4 aliphatic heterocycles. The monoisotopic (exact) mass is 760 g/mol. The first kappa shape index (κ1) is 37.9. The van der Waals surface area contributed by atoms with Crippen molar-refractivity contribution < 1.29 is 27.4 Å². The Hall–Kier alpha value is -2.96. The van der Waals surface area contributed by atoms with Crippen LogP contribution in [-0.2, 0) is 31.3 Å². The predicted octanol–water partition coefficient (Wildman–Crippen LogP) is 5.41. The third-order valence-corrected chi connectivity index (χ3v) is 16.0. The fourth-order valence-electron chi connectivity index (χ4n) is 10.8. The van der Waals surface area contributed by atoms with Gasteiger partial charge in [-0.25, -0.2) is 13.1 Å². The molecular formula is C43H60N4O6S. The molecule has 1 amide bonds. The number of nitrogens with zero attached hydrogens (tertiary/aromatic N) is 3. The largest absolute Gasteiger partial charge is 0.490 e. The summed E-state index contributed by atoms with van der Waals surface area (Å²) in [7, 11) is -3.96. The number of benzene rings is 2. The summed E-state index contributed by atoms with van der Waals surface area (Å²) in [6.45, 7) is 17.1. The van der Waals surface area contributed by atoms with E-state index in [0.29, 0.717) is 31.2 Å². The molecule has 1 spiro atoms. The van der Waals surface area contributed by atoms with Crippen LogP contribution < -0.4 is 14.4 Å². The minimum Gasteiger partial charge on any atom is -0.490 e. The van der Waals surface area contributed by atoms with Crippen LogP contribution >= 0.6 is 0 Å². The van der Waals surface area contributed by atoms with Gasteiger partial charge in [0.2, 0.25) is 10.0 Å². The molecule has 8 rings (SSSR count). The second-order valence-electron chi connectivity index (χ2n) is 17.5. The third kappa shape index (κ3) is 7.01. The van der Waals surface area contributed by atoms with Crippen molar-refractivity contribution in [3.8, 4) is 5.75 Å². The molecule has 0 radical (unpaired) electrons. The molecule has 1 unspecified atom stereocenters. The van der Waals surface area contributed by atoms with Gasteiger partial charge in [-0.05, 0) is 98.9 Å². The highest BCUT2D eigenvalue weighted by atomic mass is 32.2. The van der Waals surface area contributed by atoms with Gasteiger partial charge in [-0.2, -0.15) is 0 Å². The number of fused-ring (bicyclic) bond motifs is 5. The number of piperazine rings is 1. The SMILES string of the molecule is CCO[C@@]1(CN2CCN3CCOC[C@@H]3C2)/C=C/C[C@H](C)[C@@H](C)S(=O)(=O)NC(=O)c2ccc3c(c2)N(CC2(C)CC[C@H]21)C[C@@]1(CCCc2ccccc21)CO3. The van der Waals surface area contributed by atoms with Gasteiger partial charge in [0.15, 0.2) is 0 Å². The highest BCUT2D eigenvalue weighted by Crippen LogP contribution is 2.56. The minimum absolute atomic E-state index is 0.107. The van der Waals surface area contributed by atoms with E-state index in [4.69, 9.17) is 14.2 Å². The maximum absolute atomic E-state index is 13.7. The Labute approximate surface area is 322 Å². The molecule has 4 heterocycles. The third-order valence-electron chi connectivity index (χ3n) is 14.1. The number of amides is 1. The summed E-state index contributed by atoms with van der Waals surface area (Å²) in [4.78, 5) is 21.4. The summed E-state index contributed by atoms with van der Waals surface area (Å²) >= 11 is 0. The fraction of sp³-hybridized carbons (Fsp3) is 0.651. The number of carbonyl (C=O) groups is 1. The fourth-order valence-corrected chi connectivity index (χ4v) is 12.0. The Morgan fingerprint density at radius 2 is 1.91 bits per heavy atom. The number of ether oxygens (including phenoxy) is 3. The van der Waals surface area contributed by atoms with E-state index in [0.717, 1.165) is 103 Å². The van der Waals surface area contributed by atoms with E-state index in [1.807, 2.05) is 19.1 Å². The van der Waals surface area contributed by atoms with Crippen LogP contribution in [0.1, 0.15) is 81.3 Å². The molecule has 294 valence electrons. The minimum atomic E-state index is -3.96. The molecule has 7 atom stereocenters. The Kier molecular flexibility index (Phi) is 10.4. The Morgan fingerprint density at radius 3 is 2.72 bits per heavy atom. The maximum Gasteiger partial charge on any atom is 0.264 e. The molecule has 2 saturated heterocycles. The number of carbonyl (C=O) groups excluding carboxylic acids is 1. The molecule has 2 aromatic rings. The molecular weight excluding hydrogens is 701 g/mol. The van der Waals surface area contributed by atoms with Gasteiger partial charge in [0, 0.05) is 69.4 Å². The van der Waals surface area contributed by atoms with E-state index in [1.54, 1.807) is 13.0 Å². The zero-order valence-corrected chi connectivity index (χ0v) is 33.5. The highest BCUT2D eigenvalue weighted by Gasteiger charge is 2.56.